The minimum absolute atomic E-state index is 0.0579. The van der Waals surface area contributed by atoms with Crippen LogP contribution in [0.25, 0.3) is 0 Å². The fourth-order valence-electron chi connectivity index (χ4n) is 2.41. The van der Waals surface area contributed by atoms with Gasteiger partial charge in [-0.15, -0.1) is 0 Å². The van der Waals surface area contributed by atoms with Crippen LogP contribution < -0.4 is 0 Å². The molecule has 0 atom stereocenters. The number of halogens is 2. The van der Waals surface area contributed by atoms with Gasteiger partial charge in [0.15, 0.2) is 0 Å². The van der Waals surface area contributed by atoms with Gasteiger partial charge in [-0.1, -0.05) is 47.5 Å². The van der Waals surface area contributed by atoms with Gasteiger partial charge < -0.3 is 10.2 Å². The van der Waals surface area contributed by atoms with Crippen LogP contribution in [0.4, 0.5) is 0 Å². The lowest BCUT2D eigenvalue weighted by Crippen LogP contribution is -2.35. The number of benzene rings is 2. The van der Waals surface area contributed by atoms with Gasteiger partial charge in [0.2, 0.25) is 0 Å². The van der Waals surface area contributed by atoms with E-state index in [1.807, 2.05) is 24.3 Å². The predicted molar refractivity (Wildman–Crippen MR) is 87.0 cm³/mol. The van der Waals surface area contributed by atoms with Crippen LogP contribution in [0.1, 0.15) is 17.5 Å². The van der Waals surface area contributed by atoms with E-state index in [0.29, 0.717) is 29.3 Å². The second kappa shape index (κ2) is 7.28. The van der Waals surface area contributed by atoms with Crippen LogP contribution in [-0.2, 0) is 12.8 Å². The third kappa shape index (κ3) is 5.01. The monoisotopic (exact) mass is 324 g/mol. The Hall–Kier alpha value is -1.06. The van der Waals surface area contributed by atoms with Gasteiger partial charge in [-0.25, -0.2) is 0 Å². The average molecular weight is 325 g/mol. The molecule has 0 heterocycles. The summed E-state index contributed by atoms with van der Waals surface area (Å²) < 4.78 is 0. The van der Waals surface area contributed by atoms with E-state index in [9.17, 15) is 10.2 Å². The quantitative estimate of drug-likeness (QED) is 0.846. The van der Waals surface area contributed by atoms with Crippen molar-refractivity contribution in [1.29, 1.82) is 0 Å². The molecule has 0 aliphatic carbocycles. The number of aliphatic hydroxyl groups is 2. The van der Waals surface area contributed by atoms with Crippen LogP contribution >= 0.6 is 23.2 Å². The maximum absolute atomic E-state index is 10.8. The summed E-state index contributed by atoms with van der Waals surface area (Å²) in [6, 6.07) is 14.8. The van der Waals surface area contributed by atoms with E-state index >= 15 is 0 Å². The van der Waals surface area contributed by atoms with Crippen LogP contribution in [0.15, 0.2) is 48.5 Å². The van der Waals surface area contributed by atoms with Gasteiger partial charge in [0, 0.05) is 29.5 Å². The lowest BCUT2D eigenvalue weighted by atomic mass is 9.85. The van der Waals surface area contributed by atoms with Gasteiger partial charge in [0.1, 0.15) is 0 Å². The highest BCUT2D eigenvalue weighted by Crippen LogP contribution is 2.24. The first kappa shape index (κ1) is 16.3. The average Bonchev–Trinajstić information content (AvgIpc) is 2.44. The van der Waals surface area contributed by atoms with E-state index < -0.39 is 5.60 Å². The molecule has 0 bridgehead atoms. The van der Waals surface area contributed by atoms with Crippen molar-refractivity contribution < 1.29 is 10.2 Å². The van der Waals surface area contributed by atoms with Crippen molar-refractivity contribution in [1.82, 2.24) is 0 Å². The third-order valence-corrected chi connectivity index (χ3v) is 3.97. The van der Waals surface area contributed by atoms with Crippen LogP contribution in [0.2, 0.25) is 10.0 Å². The normalized spacial score (nSPS) is 11.6. The molecular formula is C17H18Cl2O2. The summed E-state index contributed by atoms with van der Waals surface area (Å²) in [5, 5.41) is 21.4. The molecule has 0 amide bonds. The van der Waals surface area contributed by atoms with Gasteiger partial charge >= 0.3 is 0 Å². The second-order valence-corrected chi connectivity index (χ2v) is 6.18. The van der Waals surface area contributed by atoms with Crippen molar-refractivity contribution in [2.24, 2.45) is 0 Å². The summed E-state index contributed by atoms with van der Waals surface area (Å²) >= 11 is 11.7. The Bertz CT molecular complexity index is 517. The first-order valence-corrected chi connectivity index (χ1v) is 7.58. The highest BCUT2D eigenvalue weighted by Gasteiger charge is 2.27. The summed E-state index contributed by atoms with van der Waals surface area (Å²) in [5.41, 5.74) is 0.991. The minimum Gasteiger partial charge on any atom is -0.396 e. The molecule has 2 nitrogen and oxygen atoms in total. The Morgan fingerprint density at radius 3 is 1.48 bits per heavy atom. The minimum atomic E-state index is -0.990. The zero-order chi connectivity index (χ0) is 15.3. The van der Waals surface area contributed by atoms with Crippen molar-refractivity contribution >= 4 is 23.2 Å². The fourth-order valence-corrected chi connectivity index (χ4v) is 2.66. The Balaban J connectivity index is 2.14. The molecule has 2 aromatic rings. The highest BCUT2D eigenvalue weighted by molar-refractivity contribution is 6.30. The molecule has 2 rings (SSSR count). The molecule has 0 fully saturated rings. The van der Waals surface area contributed by atoms with Gasteiger partial charge in [0.05, 0.1) is 5.60 Å². The Morgan fingerprint density at radius 2 is 1.14 bits per heavy atom. The molecule has 0 saturated heterocycles. The maximum atomic E-state index is 10.8. The van der Waals surface area contributed by atoms with Gasteiger partial charge in [-0.05, 0) is 41.8 Å². The van der Waals surface area contributed by atoms with Crippen molar-refractivity contribution in [2.45, 2.75) is 24.9 Å². The SMILES string of the molecule is OCCC(O)(Cc1ccc(Cl)cc1)Cc1ccc(Cl)cc1. The smallest absolute Gasteiger partial charge is 0.0749 e. The summed E-state index contributed by atoms with van der Waals surface area (Å²) in [6.07, 6.45) is 1.25. The molecule has 0 saturated carbocycles. The Morgan fingerprint density at radius 1 is 0.762 bits per heavy atom. The number of hydrogen-bond acceptors (Lipinski definition) is 2. The van der Waals surface area contributed by atoms with Crippen molar-refractivity contribution in [3.05, 3.63) is 69.7 Å². The zero-order valence-corrected chi connectivity index (χ0v) is 13.1. The lowest BCUT2D eigenvalue weighted by Gasteiger charge is -2.28. The van der Waals surface area contributed by atoms with E-state index in [2.05, 4.69) is 0 Å². The van der Waals surface area contributed by atoms with Gasteiger partial charge in [0.25, 0.3) is 0 Å². The number of rotatable bonds is 6. The van der Waals surface area contributed by atoms with Gasteiger partial charge in [-0.2, -0.15) is 0 Å². The highest BCUT2D eigenvalue weighted by atomic mass is 35.5. The molecule has 112 valence electrons. The molecule has 2 aromatic carbocycles. The summed E-state index contributed by atoms with van der Waals surface area (Å²) in [4.78, 5) is 0. The first-order chi connectivity index (χ1) is 10.0. The van der Waals surface area contributed by atoms with E-state index in [0.717, 1.165) is 11.1 Å². The van der Waals surface area contributed by atoms with E-state index in [1.165, 1.54) is 0 Å². The molecule has 0 aliphatic rings. The molecule has 4 heteroatoms. The molecule has 0 radical (unpaired) electrons. The second-order valence-electron chi connectivity index (χ2n) is 5.30. The Labute approximate surface area is 135 Å². The molecule has 2 N–H and O–H groups in total. The molecule has 0 unspecified atom stereocenters. The van der Waals surface area contributed by atoms with Crippen molar-refractivity contribution in [3.63, 3.8) is 0 Å². The van der Waals surface area contributed by atoms with Crippen LogP contribution in [-0.4, -0.2) is 22.4 Å². The van der Waals surface area contributed by atoms with E-state index in [1.54, 1.807) is 24.3 Å². The molecule has 0 aliphatic heterocycles. The van der Waals surface area contributed by atoms with E-state index in [4.69, 9.17) is 23.2 Å². The molecule has 0 aromatic heterocycles. The third-order valence-electron chi connectivity index (χ3n) is 3.47. The fraction of sp³-hybridized carbons (Fsp3) is 0.294. The largest absolute Gasteiger partial charge is 0.396 e. The predicted octanol–water partition coefficient (Wildman–Crippen LogP) is 3.89. The van der Waals surface area contributed by atoms with Crippen LogP contribution in [0, 0.1) is 0 Å². The maximum Gasteiger partial charge on any atom is 0.0749 e. The number of aliphatic hydroxyl groups excluding tert-OH is 1. The lowest BCUT2D eigenvalue weighted by molar-refractivity contribution is 0.0163. The standard InChI is InChI=1S/C17H18Cl2O2/c18-15-5-1-13(2-6-15)11-17(21,9-10-20)12-14-3-7-16(19)8-4-14/h1-8,20-21H,9-12H2. The van der Waals surface area contributed by atoms with Crippen LogP contribution in [0.5, 0.6) is 0 Å². The molecule has 0 spiro atoms. The molecular weight excluding hydrogens is 307 g/mol. The van der Waals surface area contributed by atoms with Gasteiger partial charge in [-0.3, -0.25) is 0 Å². The first-order valence-electron chi connectivity index (χ1n) is 6.83. The van der Waals surface area contributed by atoms with Crippen LogP contribution in [0.3, 0.4) is 0 Å². The summed E-state index contributed by atoms with van der Waals surface area (Å²) in [6.45, 7) is -0.0579. The van der Waals surface area contributed by atoms with Crippen molar-refractivity contribution in [3.8, 4) is 0 Å². The summed E-state index contributed by atoms with van der Waals surface area (Å²) in [5.74, 6) is 0. The topological polar surface area (TPSA) is 40.5 Å². The zero-order valence-electron chi connectivity index (χ0n) is 11.6. The van der Waals surface area contributed by atoms with E-state index in [-0.39, 0.29) is 6.61 Å². The number of hydrogen-bond donors (Lipinski definition) is 2. The Kier molecular flexibility index (Phi) is 5.65. The molecule has 21 heavy (non-hydrogen) atoms. The van der Waals surface area contributed by atoms with Crippen molar-refractivity contribution in [2.75, 3.05) is 6.61 Å². The summed E-state index contributed by atoms with van der Waals surface area (Å²) in [7, 11) is 0.